The van der Waals surface area contributed by atoms with E-state index in [-0.39, 0.29) is 34.3 Å². The van der Waals surface area contributed by atoms with Crippen LogP contribution in [0.15, 0.2) is 12.3 Å². The van der Waals surface area contributed by atoms with E-state index in [1.165, 1.54) is 12.3 Å². The van der Waals surface area contributed by atoms with Crippen molar-refractivity contribution in [2.24, 2.45) is 0 Å². The third kappa shape index (κ3) is 4.11. The Kier molecular flexibility index (Phi) is 6.03. The van der Waals surface area contributed by atoms with Crippen LogP contribution >= 0.6 is 23.2 Å². The summed E-state index contributed by atoms with van der Waals surface area (Å²) in [7, 11) is 0. The molecule has 1 aromatic heterocycles. The maximum Gasteiger partial charge on any atom is 0.340 e. The van der Waals surface area contributed by atoms with E-state index in [1.54, 1.807) is 0 Å². The van der Waals surface area contributed by atoms with Crippen LogP contribution in [0.3, 0.4) is 0 Å². The molecule has 2 rings (SSSR count). The number of nitrogens with zero attached hydrogens (tertiary/aromatic N) is 2. The molecule has 0 aromatic carbocycles. The number of hydrogen-bond donors (Lipinski definition) is 0. The lowest BCUT2D eigenvalue weighted by atomic mass is 10.00. The van der Waals surface area contributed by atoms with E-state index in [0.29, 0.717) is 0 Å². The van der Waals surface area contributed by atoms with E-state index in [9.17, 15) is 9.59 Å². The van der Waals surface area contributed by atoms with Crippen molar-refractivity contribution in [3.05, 3.63) is 28.0 Å². The average molecular weight is 345 g/mol. The molecule has 1 aliphatic rings. The first-order chi connectivity index (χ1) is 10.5. The van der Waals surface area contributed by atoms with E-state index in [0.717, 1.165) is 32.2 Å². The fourth-order valence-electron chi connectivity index (χ4n) is 2.58. The molecule has 120 valence electrons. The number of pyridine rings is 1. The molecule has 1 unspecified atom stereocenters. The predicted octanol–water partition coefficient (Wildman–Crippen LogP) is 3.34. The first-order valence-corrected chi connectivity index (χ1v) is 8.06. The monoisotopic (exact) mass is 344 g/mol. The number of carbonyl (C=O) groups is 2. The Labute approximate surface area is 139 Å². The molecule has 0 aliphatic carbocycles. The quantitative estimate of drug-likeness (QED) is 0.620. The minimum absolute atomic E-state index is 0.119. The molecule has 0 bridgehead atoms. The molecule has 1 saturated heterocycles. The van der Waals surface area contributed by atoms with Gasteiger partial charge in [-0.2, -0.15) is 0 Å². The maximum absolute atomic E-state index is 12.2. The largest absolute Gasteiger partial charge is 0.452 e. The highest BCUT2D eigenvalue weighted by molar-refractivity contribution is 6.41. The van der Waals surface area contributed by atoms with Crippen molar-refractivity contribution in [3.63, 3.8) is 0 Å². The molecule has 1 aromatic rings. The van der Waals surface area contributed by atoms with Gasteiger partial charge in [-0.05, 0) is 31.7 Å². The summed E-state index contributed by atoms with van der Waals surface area (Å²) in [6.07, 6.45) is 5.32. The summed E-state index contributed by atoms with van der Waals surface area (Å²) in [5.74, 6) is -0.794. The van der Waals surface area contributed by atoms with Crippen LogP contribution in [0.4, 0.5) is 0 Å². The lowest BCUT2D eigenvalue weighted by molar-refractivity contribution is -0.138. The second-order valence-electron chi connectivity index (χ2n) is 5.22. The van der Waals surface area contributed by atoms with Gasteiger partial charge in [0.15, 0.2) is 6.61 Å². The van der Waals surface area contributed by atoms with Crippen molar-refractivity contribution >= 4 is 35.1 Å². The van der Waals surface area contributed by atoms with Crippen LogP contribution in [0.25, 0.3) is 0 Å². The van der Waals surface area contributed by atoms with Gasteiger partial charge >= 0.3 is 5.97 Å². The van der Waals surface area contributed by atoms with E-state index in [4.69, 9.17) is 27.9 Å². The van der Waals surface area contributed by atoms with E-state index in [1.807, 2.05) is 4.90 Å². The summed E-state index contributed by atoms with van der Waals surface area (Å²) >= 11 is 11.5. The summed E-state index contributed by atoms with van der Waals surface area (Å²) < 4.78 is 5.06. The molecule has 2 heterocycles. The molecule has 0 saturated carbocycles. The van der Waals surface area contributed by atoms with Gasteiger partial charge in [-0.25, -0.2) is 9.78 Å². The summed E-state index contributed by atoms with van der Waals surface area (Å²) in [4.78, 5) is 29.7. The van der Waals surface area contributed by atoms with E-state index < -0.39 is 5.97 Å². The third-order valence-corrected chi connectivity index (χ3v) is 4.46. The number of aromatic nitrogens is 1. The zero-order valence-electron chi connectivity index (χ0n) is 12.3. The molecule has 5 nitrogen and oxygen atoms in total. The highest BCUT2D eigenvalue weighted by Crippen LogP contribution is 2.21. The smallest absolute Gasteiger partial charge is 0.340 e. The Morgan fingerprint density at radius 2 is 2.18 bits per heavy atom. The SMILES string of the molecule is CCC1CCCCN1C(=O)COC(=O)c1cnc(Cl)c(Cl)c1. The minimum atomic E-state index is -0.635. The van der Waals surface area contributed by atoms with Gasteiger partial charge in [0.05, 0.1) is 10.6 Å². The summed E-state index contributed by atoms with van der Waals surface area (Å²) in [5.41, 5.74) is 0.174. The van der Waals surface area contributed by atoms with Crippen LogP contribution in [0.1, 0.15) is 43.0 Å². The molecule has 1 atom stereocenters. The zero-order chi connectivity index (χ0) is 16.1. The van der Waals surface area contributed by atoms with Gasteiger partial charge in [0, 0.05) is 18.8 Å². The van der Waals surface area contributed by atoms with Crippen molar-refractivity contribution in [2.45, 2.75) is 38.6 Å². The van der Waals surface area contributed by atoms with Gasteiger partial charge in [-0.15, -0.1) is 0 Å². The van der Waals surface area contributed by atoms with Gasteiger partial charge in [0.25, 0.3) is 5.91 Å². The summed E-state index contributed by atoms with van der Waals surface area (Å²) in [6.45, 7) is 2.52. The van der Waals surface area contributed by atoms with Crippen LogP contribution in [-0.4, -0.2) is 41.0 Å². The fourth-order valence-corrected chi connectivity index (χ4v) is 2.85. The number of piperidine rings is 1. The highest BCUT2D eigenvalue weighted by atomic mass is 35.5. The molecule has 0 N–H and O–H groups in total. The standard InChI is InChI=1S/C15H18Cl2N2O3/c1-2-11-5-3-4-6-19(11)13(20)9-22-15(21)10-7-12(16)14(17)18-8-10/h7-8,11H,2-6,9H2,1H3. The number of hydrogen-bond acceptors (Lipinski definition) is 4. The van der Waals surface area contributed by atoms with Gasteiger partial charge < -0.3 is 9.64 Å². The van der Waals surface area contributed by atoms with Crippen LogP contribution in [0.5, 0.6) is 0 Å². The van der Waals surface area contributed by atoms with Crippen LogP contribution in [0, 0.1) is 0 Å². The molecule has 0 radical (unpaired) electrons. The third-order valence-electron chi connectivity index (χ3n) is 3.78. The second-order valence-corrected chi connectivity index (χ2v) is 5.98. The number of carbonyl (C=O) groups excluding carboxylic acids is 2. The fraction of sp³-hybridized carbons (Fsp3) is 0.533. The van der Waals surface area contributed by atoms with Gasteiger partial charge in [0.1, 0.15) is 5.15 Å². The summed E-state index contributed by atoms with van der Waals surface area (Å²) in [5, 5.41) is 0.290. The van der Waals surface area contributed by atoms with Crippen molar-refractivity contribution in [1.82, 2.24) is 9.88 Å². The molecule has 0 spiro atoms. The molecule has 7 heteroatoms. The Hall–Kier alpha value is -1.33. The first kappa shape index (κ1) is 17.0. The molecule has 22 heavy (non-hydrogen) atoms. The zero-order valence-corrected chi connectivity index (χ0v) is 13.9. The topological polar surface area (TPSA) is 59.5 Å². The minimum Gasteiger partial charge on any atom is -0.452 e. The van der Waals surface area contributed by atoms with E-state index in [2.05, 4.69) is 11.9 Å². The number of amides is 1. The Bertz CT molecular complexity index is 566. The molecule has 1 aliphatic heterocycles. The van der Waals surface area contributed by atoms with Crippen LogP contribution in [-0.2, 0) is 9.53 Å². The highest BCUT2D eigenvalue weighted by Gasteiger charge is 2.26. The van der Waals surface area contributed by atoms with Crippen molar-refractivity contribution in [2.75, 3.05) is 13.2 Å². The molecular weight excluding hydrogens is 327 g/mol. The van der Waals surface area contributed by atoms with Crippen molar-refractivity contribution in [3.8, 4) is 0 Å². The number of rotatable bonds is 4. The average Bonchev–Trinajstić information content (AvgIpc) is 2.54. The Morgan fingerprint density at radius 3 is 2.86 bits per heavy atom. The summed E-state index contributed by atoms with van der Waals surface area (Å²) in [6, 6.07) is 1.62. The molecular formula is C15H18Cl2N2O3. The van der Waals surface area contributed by atoms with Crippen LogP contribution < -0.4 is 0 Å². The van der Waals surface area contributed by atoms with E-state index >= 15 is 0 Å². The molecule has 1 amide bonds. The lowest BCUT2D eigenvalue weighted by Crippen LogP contribution is -2.45. The van der Waals surface area contributed by atoms with Gasteiger partial charge in [-0.3, -0.25) is 4.79 Å². The normalized spacial score (nSPS) is 18.1. The van der Waals surface area contributed by atoms with Gasteiger partial charge in [0.2, 0.25) is 0 Å². The number of halogens is 2. The first-order valence-electron chi connectivity index (χ1n) is 7.30. The maximum atomic E-state index is 12.2. The predicted molar refractivity (Wildman–Crippen MR) is 84.2 cm³/mol. The number of ether oxygens (including phenoxy) is 1. The van der Waals surface area contributed by atoms with Gasteiger partial charge in [-0.1, -0.05) is 30.1 Å². The van der Waals surface area contributed by atoms with Crippen molar-refractivity contribution in [1.29, 1.82) is 0 Å². The van der Waals surface area contributed by atoms with Crippen molar-refractivity contribution < 1.29 is 14.3 Å². The Balaban J connectivity index is 1.92. The Morgan fingerprint density at radius 1 is 1.41 bits per heavy atom. The number of likely N-dealkylation sites (tertiary alicyclic amines) is 1. The number of esters is 1. The second kappa shape index (κ2) is 7.79. The van der Waals surface area contributed by atoms with Crippen LogP contribution in [0.2, 0.25) is 10.2 Å². The lowest BCUT2D eigenvalue weighted by Gasteiger charge is -2.35. The molecule has 1 fully saturated rings.